The SMILES string of the molecule is CNCC(O)Cn1cncc(Br)c1=O. The maximum absolute atomic E-state index is 11.5. The predicted octanol–water partition coefficient (Wildman–Crippen LogP) is -0.414. The van der Waals surface area contributed by atoms with Crippen molar-refractivity contribution >= 4 is 15.9 Å². The Morgan fingerprint density at radius 2 is 2.50 bits per heavy atom. The van der Waals surface area contributed by atoms with Gasteiger partial charge in [0.25, 0.3) is 5.56 Å². The lowest BCUT2D eigenvalue weighted by molar-refractivity contribution is 0.152. The summed E-state index contributed by atoms with van der Waals surface area (Å²) in [5.41, 5.74) is -0.185. The molecule has 0 radical (unpaired) electrons. The van der Waals surface area contributed by atoms with Crippen LogP contribution in [0.2, 0.25) is 0 Å². The molecule has 1 heterocycles. The van der Waals surface area contributed by atoms with Crippen molar-refractivity contribution < 1.29 is 5.11 Å². The molecular formula is C8H12BrN3O2. The van der Waals surface area contributed by atoms with Crippen LogP contribution in [-0.2, 0) is 6.54 Å². The van der Waals surface area contributed by atoms with Gasteiger partial charge in [-0.15, -0.1) is 0 Å². The number of rotatable bonds is 4. The van der Waals surface area contributed by atoms with Gasteiger partial charge in [0.05, 0.1) is 19.0 Å². The zero-order valence-corrected chi connectivity index (χ0v) is 9.36. The lowest BCUT2D eigenvalue weighted by Crippen LogP contribution is -2.32. The fourth-order valence-electron chi connectivity index (χ4n) is 1.08. The molecule has 14 heavy (non-hydrogen) atoms. The molecule has 0 spiro atoms. The van der Waals surface area contributed by atoms with Crippen molar-refractivity contribution in [3.05, 3.63) is 27.4 Å². The maximum atomic E-state index is 11.5. The quantitative estimate of drug-likeness (QED) is 0.773. The van der Waals surface area contributed by atoms with Crippen LogP contribution >= 0.6 is 15.9 Å². The summed E-state index contributed by atoms with van der Waals surface area (Å²) >= 11 is 3.08. The molecule has 0 aromatic carbocycles. The van der Waals surface area contributed by atoms with Gasteiger partial charge in [-0.2, -0.15) is 0 Å². The molecule has 0 aliphatic heterocycles. The van der Waals surface area contributed by atoms with Crippen LogP contribution in [-0.4, -0.2) is 34.4 Å². The van der Waals surface area contributed by atoms with Crippen LogP contribution in [0.3, 0.4) is 0 Å². The molecule has 0 saturated heterocycles. The molecule has 5 nitrogen and oxygen atoms in total. The Morgan fingerprint density at radius 3 is 3.14 bits per heavy atom. The first-order chi connectivity index (χ1) is 6.65. The summed E-state index contributed by atoms with van der Waals surface area (Å²) in [6.45, 7) is 0.686. The second-order valence-corrected chi connectivity index (χ2v) is 3.76. The minimum Gasteiger partial charge on any atom is -0.390 e. The third-order valence-electron chi connectivity index (χ3n) is 1.71. The highest BCUT2D eigenvalue weighted by Crippen LogP contribution is 1.98. The minimum absolute atomic E-state index is 0.185. The molecule has 78 valence electrons. The van der Waals surface area contributed by atoms with Crippen molar-refractivity contribution in [1.29, 1.82) is 0 Å². The van der Waals surface area contributed by atoms with Crippen molar-refractivity contribution in [2.75, 3.05) is 13.6 Å². The largest absolute Gasteiger partial charge is 0.390 e. The molecule has 1 aromatic rings. The van der Waals surface area contributed by atoms with Gasteiger partial charge in [0, 0.05) is 12.7 Å². The summed E-state index contributed by atoms with van der Waals surface area (Å²) in [4.78, 5) is 15.3. The molecule has 2 N–H and O–H groups in total. The molecule has 0 bridgehead atoms. The number of aliphatic hydroxyl groups excluding tert-OH is 1. The van der Waals surface area contributed by atoms with E-state index >= 15 is 0 Å². The van der Waals surface area contributed by atoms with Gasteiger partial charge in [0.1, 0.15) is 4.47 Å². The monoisotopic (exact) mass is 261 g/mol. The van der Waals surface area contributed by atoms with Crippen LogP contribution < -0.4 is 10.9 Å². The Morgan fingerprint density at radius 1 is 1.79 bits per heavy atom. The van der Waals surface area contributed by atoms with Crippen LogP contribution in [0.4, 0.5) is 0 Å². The third kappa shape index (κ3) is 2.90. The molecule has 0 aliphatic rings. The van der Waals surface area contributed by atoms with E-state index in [-0.39, 0.29) is 12.1 Å². The number of aromatic nitrogens is 2. The lowest BCUT2D eigenvalue weighted by atomic mass is 10.3. The summed E-state index contributed by atoms with van der Waals surface area (Å²) in [6.07, 6.45) is 2.25. The van der Waals surface area contributed by atoms with Gasteiger partial charge in [0.15, 0.2) is 0 Å². The molecule has 1 unspecified atom stereocenters. The number of nitrogens with zero attached hydrogens (tertiary/aromatic N) is 2. The molecular weight excluding hydrogens is 250 g/mol. The molecule has 0 amide bonds. The zero-order chi connectivity index (χ0) is 10.6. The molecule has 0 saturated carbocycles. The first kappa shape index (κ1) is 11.4. The van der Waals surface area contributed by atoms with Crippen LogP contribution in [0.1, 0.15) is 0 Å². The van der Waals surface area contributed by atoms with E-state index in [2.05, 4.69) is 26.2 Å². The highest BCUT2D eigenvalue weighted by molar-refractivity contribution is 9.10. The van der Waals surface area contributed by atoms with E-state index in [0.717, 1.165) is 0 Å². The van der Waals surface area contributed by atoms with Crippen LogP contribution in [0.15, 0.2) is 21.8 Å². The van der Waals surface area contributed by atoms with E-state index in [1.165, 1.54) is 17.1 Å². The molecule has 0 aliphatic carbocycles. The van der Waals surface area contributed by atoms with E-state index in [0.29, 0.717) is 11.0 Å². The highest BCUT2D eigenvalue weighted by atomic mass is 79.9. The first-order valence-electron chi connectivity index (χ1n) is 4.17. The van der Waals surface area contributed by atoms with Gasteiger partial charge in [-0.05, 0) is 23.0 Å². The van der Waals surface area contributed by atoms with Crippen molar-refractivity contribution in [3.63, 3.8) is 0 Å². The molecule has 6 heteroatoms. The number of halogens is 1. The Bertz CT molecular complexity index is 353. The topological polar surface area (TPSA) is 67.2 Å². The molecule has 1 aromatic heterocycles. The normalized spacial score (nSPS) is 12.8. The van der Waals surface area contributed by atoms with Gasteiger partial charge in [-0.1, -0.05) is 0 Å². The number of aliphatic hydroxyl groups is 1. The molecule has 0 fully saturated rings. The third-order valence-corrected chi connectivity index (χ3v) is 2.25. The average molecular weight is 262 g/mol. The van der Waals surface area contributed by atoms with E-state index in [1.807, 2.05) is 0 Å². The standard InChI is InChI=1S/C8H12BrN3O2/c1-10-2-6(13)4-12-5-11-3-7(9)8(12)14/h3,5-6,10,13H,2,4H2,1H3. The number of likely N-dealkylation sites (N-methyl/N-ethyl adjacent to an activating group) is 1. The van der Waals surface area contributed by atoms with Crippen molar-refractivity contribution in [3.8, 4) is 0 Å². The second kappa shape index (κ2) is 5.23. The van der Waals surface area contributed by atoms with Gasteiger partial charge < -0.3 is 10.4 Å². The van der Waals surface area contributed by atoms with Crippen molar-refractivity contribution in [2.24, 2.45) is 0 Å². The Balaban J connectivity index is 2.77. The van der Waals surface area contributed by atoms with E-state index in [9.17, 15) is 9.90 Å². The smallest absolute Gasteiger partial charge is 0.267 e. The van der Waals surface area contributed by atoms with Crippen LogP contribution in [0.5, 0.6) is 0 Å². The maximum Gasteiger partial charge on any atom is 0.267 e. The van der Waals surface area contributed by atoms with E-state index in [4.69, 9.17) is 0 Å². The second-order valence-electron chi connectivity index (χ2n) is 2.91. The Hall–Kier alpha value is -0.720. The Labute approximate surface area is 89.9 Å². The highest BCUT2D eigenvalue weighted by Gasteiger charge is 2.06. The summed E-state index contributed by atoms with van der Waals surface area (Å²) in [5, 5.41) is 12.3. The summed E-state index contributed by atoms with van der Waals surface area (Å²) in [5.74, 6) is 0. The van der Waals surface area contributed by atoms with E-state index in [1.54, 1.807) is 7.05 Å². The first-order valence-corrected chi connectivity index (χ1v) is 4.97. The lowest BCUT2D eigenvalue weighted by Gasteiger charge is -2.11. The van der Waals surface area contributed by atoms with Gasteiger partial charge in [-0.3, -0.25) is 9.36 Å². The fourth-order valence-corrected chi connectivity index (χ4v) is 1.43. The average Bonchev–Trinajstić information content (AvgIpc) is 2.13. The minimum atomic E-state index is -0.589. The van der Waals surface area contributed by atoms with Gasteiger partial charge in [-0.25, -0.2) is 4.98 Å². The summed E-state index contributed by atoms with van der Waals surface area (Å²) in [7, 11) is 1.74. The summed E-state index contributed by atoms with van der Waals surface area (Å²) < 4.78 is 1.77. The van der Waals surface area contributed by atoms with Crippen molar-refractivity contribution in [1.82, 2.24) is 14.9 Å². The zero-order valence-electron chi connectivity index (χ0n) is 7.77. The van der Waals surface area contributed by atoms with Gasteiger partial charge in [0.2, 0.25) is 0 Å². The van der Waals surface area contributed by atoms with Crippen LogP contribution in [0.25, 0.3) is 0 Å². The van der Waals surface area contributed by atoms with Gasteiger partial charge >= 0.3 is 0 Å². The summed E-state index contributed by atoms with van der Waals surface area (Å²) in [6, 6.07) is 0. The van der Waals surface area contributed by atoms with Crippen molar-refractivity contribution in [2.45, 2.75) is 12.6 Å². The van der Waals surface area contributed by atoms with Crippen LogP contribution in [0, 0.1) is 0 Å². The number of hydrogen-bond donors (Lipinski definition) is 2. The van der Waals surface area contributed by atoms with E-state index < -0.39 is 6.10 Å². The fraction of sp³-hybridized carbons (Fsp3) is 0.500. The Kier molecular flexibility index (Phi) is 4.24. The molecule has 1 atom stereocenters. The number of nitrogens with one attached hydrogen (secondary N) is 1. The predicted molar refractivity (Wildman–Crippen MR) is 56.1 cm³/mol. The molecule has 1 rings (SSSR count). The number of hydrogen-bond acceptors (Lipinski definition) is 4.